The van der Waals surface area contributed by atoms with E-state index in [-0.39, 0.29) is 29.5 Å². The van der Waals surface area contributed by atoms with E-state index >= 15 is 4.39 Å². The number of anilines is 4. The SMILES string of the molecule is C=CC(=O)Nc1cc(Nc2ncc(F)c(-c3ccc4cc(C(=O)N(C)C)n(C(C)C)c4c3)n2)ccc1N1CCOCC1. The van der Waals surface area contributed by atoms with E-state index in [1.807, 2.05) is 48.7 Å². The summed E-state index contributed by atoms with van der Waals surface area (Å²) in [6.45, 7) is 10.1. The van der Waals surface area contributed by atoms with Gasteiger partial charge in [-0.3, -0.25) is 9.59 Å². The third-order valence-electron chi connectivity index (χ3n) is 7.05. The summed E-state index contributed by atoms with van der Waals surface area (Å²) < 4.78 is 22.5. The lowest BCUT2D eigenvalue weighted by atomic mass is 10.1. The topological polar surface area (TPSA) is 105 Å². The van der Waals surface area contributed by atoms with Crippen LogP contribution in [0.15, 0.2) is 61.3 Å². The maximum absolute atomic E-state index is 15.1. The van der Waals surface area contributed by atoms with Gasteiger partial charge in [0, 0.05) is 55.4 Å². The molecule has 2 N–H and O–H groups in total. The highest BCUT2D eigenvalue weighted by molar-refractivity contribution is 6.02. The maximum atomic E-state index is 15.1. The summed E-state index contributed by atoms with van der Waals surface area (Å²) >= 11 is 0. The Bertz CT molecular complexity index is 1660. The van der Waals surface area contributed by atoms with E-state index in [0.717, 1.165) is 22.8 Å². The van der Waals surface area contributed by atoms with Crippen molar-refractivity contribution >= 4 is 45.7 Å². The fourth-order valence-electron chi connectivity index (χ4n) is 5.06. The van der Waals surface area contributed by atoms with Crippen LogP contribution in [0.5, 0.6) is 0 Å². The number of hydrogen-bond acceptors (Lipinski definition) is 7. The van der Waals surface area contributed by atoms with Gasteiger partial charge in [0.15, 0.2) is 5.82 Å². The summed E-state index contributed by atoms with van der Waals surface area (Å²) in [7, 11) is 3.43. The molecule has 0 radical (unpaired) electrons. The summed E-state index contributed by atoms with van der Waals surface area (Å²) in [5.41, 5.74) is 4.10. The summed E-state index contributed by atoms with van der Waals surface area (Å²) in [5.74, 6) is -0.827. The molecule has 0 saturated carbocycles. The summed E-state index contributed by atoms with van der Waals surface area (Å²) in [6, 6.07) is 12.9. The third kappa shape index (κ3) is 5.82. The Hall–Kier alpha value is -4.77. The Labute approximate surface area is 243 Å². The summed E-state index contributed by atoms with van der Waals surface area (Å²) in [6.07, 6.45) is 2.34. The van der Waals surface area contributed by atoms with E-state index in [0.29, 0.717) is 48.9 Å². The number of benzene rings is 2. The lowest BCUT2D eigenvalue weighted by Crippen LogP contribution is -2.36. The summed E-state index contributed by atoms with van der Waals surface area (Å²) in [4.78, 5) is 37.4. The Morgan fingerprint density at radius 1 is 1.12 bits per heavy atom. The van der Waals surface area contributed by atoms with Gasteiger partial charge in [0.05, 0.1) is 30.8 Å². The number of carbonyl (C=O) groups excluding carboxylic acids is 2. The average molecular weight is 572 g/mol. The van der Waals surface area contributed by atoms with Crippen LogP contribution in [0.25, 0.3) is 22.2 Å². The molecule has 0 unspecified atom stereocenters. The van der Waals surface area contributed by atoms with Crippen molar-refractivity contribution < 1.29 is 18.7 Å². The molecule has 0 bridgehead atoms. The molecule has 218 valence electrons. The number of fused-ring (bicyclic) bond motifs is 1. The molecule has 1 fully saturated rings. The molecule has 3 heterocycles. The van der Waals surface area contributed by atoms with E-state index < -0.39 is 5.82 Å². The Morgan fingerprint density at radius 3 is 2.57 bits per heavy atom. The van der Waals surface area contributed by atoms with Gasteiger partial charge in [0.25, 0.3) is 5.91 Å². The number of rotatable bonds is 8. The second-order valence-electron chi connectivity index (χ2n) is 10.5. The number of hydrogen-bond donors (Lipinski definition) is 2. The van der Waals surface area contributed by atoms with Crippen LogP contribution in [0.2, 0.25) is 0 Å². The fourth-order valence-corrected chi connectivity index (χ4v) is 5.06. The minimum Gasteiger partial charge on any atom is -0.378 e. The number of aromatic nitrogens is 3. The van der Waals surface area contributed by atoms with Gasteiger partial charge in [0.1, 0.15) is 11.4 Å². The molecule has 5 rings (SSSR count). The molecule has 4 aromatic rings. The first kappa shape index (κ1) is 28.7. The number of morpholine rings is 1. The van der Waals surface area contributed by atoms with E-state index in [2.05, 4.69) is 32.1 Å². The van der Waals surface area contributed by atoms with Gasteiger partial charge in [-0.1, -0.05) is 18.7 Å². The molecule has 1 saturated heterocycles. The van der Waals surface area contributed by atoms with Crippen molar-refractivity contribution in [3.8, 4) is 11.3 Å². The van der Waals surface area contributed by atoms with Crippen molar-refractivity contribution in [1.29, 1.82) is 0 Å². The van der Waals surface area contributed by atoms with Crippen molar-refractivity contribution in [3.63, 3.8) is 0 Å². The molecule has 0 aliphatic carbocycles. The highest BCUT2D eigenvalue weighted by Gasteiger charge is 2.21. The van der Waals surface area contributed by atoms with Crippen molar-refractivity contribution in [2.24, 2.45) is 0 Å². The molecule has 1 aliphatic rings. The normalized spacial score (nSPS) is 13.3. The third-order valence-corrected chi connectivity index (χ3v) is 7.05. The van der Waals surface area contributed by atoms with Crippen LogP contribution in [0.4, 0.5) is 27.4 Å². The van der Waals surface area contributed by atoms with Crippen molar-refractivity contribution in [3.05, 3.63) is 72.8 Å². The molecule has 2 aromatic heterocycles. The second kappa shape index (κ2) is 12.0. The van der Waals surface area contributed by atoms with E-state index in [1.54, 1.807) is 26.2 Å². The first-order chi connectivity index (χ1) is 20.2. The predicted molar refractivity (Wildman–Crippen MR) is 163 cm³/mol. The summed E-state index contributed by atoms with van der Waals surface area (Å²) in [5, 5.41) is 6.88. The number of carbonyl (C=O) groups is 2. The molecule has 0 atom stereocenters. The van der Waals surface area contributed by atoms with Crippen LogP contribution in [-0.4, -0.2) is 71.6 Å². The zero-order valence-electron chi connectivity index (χ0n) is 24.1. The highest BCUT2D eigenvalue weighted by Crippen LogP contribution is 2.33. The lowest BCUT2D eigenvalue weighted by molar-refractivity contribution is -0.111. The molecular formula is C31H34FN7O3. The molecule has 0 spiro atoms. The monoisotopic (exact) mass is 571 g/mol. The van der Waals surface area contributed by atoms with E-state index in [4.69, 9.17) is 4.74 Å². The molecule has 42 heavy (non-hydrogen) atoms. The molecular weight excluding hydrogens is 537 g/mol. The maximum Gasteiger partial charge on any atom is 0.270 e. The lowest BCUT2D eigenvalue weighted by Gasteiger charge is -2.30. The van der Waals surface area contributed by atoms with Gasteiger partial charge >= 0.3 is 0 Å². The van der Waals surface area contributed by atoms with Gasteiger partial charge < -0.3 is 29.7 Å². The zero-order chi connectivity index (χ0) is 30.0. The number of halogens is 1. The molecule has 11 heteroatoms. The number of nitrogens with one attached hydrogen (secondary N) is 2. The number of amides is 2. The van der Waals surface area contributed by atoms with Crippen molar-refractivity contribution in [2.75, 3.05) is 55.9 Å². The Balaban J connectivity index is 1.49. The zero-order valence-corrected chi connectivity index (χ0v) is 24.1. The molecule has 1 aliphatic heterocycles. The largest absolute Gasteiger partial charge is 0.378 e. The minimum atomic E-state index is -0.575. The van der Waals surface area contributed by atoms with Gasteiger partial charge in [-0.05, 0) is 50.3 Å². The van der Waals surface area contributed by atoms with Gasteiger partial charge in [-0.25, -0.2) is 14.4 Å². The van der Waals surface area contributed by atoms with Crippen LogP contribution in [-0.2, 0) is 9.53 Å². The minimum absolute atomic E-state index is 0.000310. The van der Waals surface area contributed by atoms with E-state index in [9.17, 15) is 9.59 Å². The second-order valence-corrected chi connectivity index (χ2v) is 10.5. The molecule has 2 amide bonds. The number of nitrogens with zero attached hydrogens (tertiary/aromatic N) is 5. The average Bonchev–Trinajstić information content (AvgIpc) is 3.37. The Morgan fingerprint density at radius 2 is 1.88 bits per heavy atom. The van der Waals surface area contributed by atoms with Gasteiger partial charge in [-0.2, -0.15) is 0 Å². The number of ether oxygens (including phenoxy) is 1. The van der Waals surface area contributed by atoms with Crippen LogP contribution in [0.1, 0.15) is 30.4 Å². The van der Waals surface area contributed by atoms with E-state index in [1.165, 1.54) is 11.0 Å². The van der Waals surface area contributed by atoms with Gasteiger partial charge in [-0.15, -0.1) is 0 Å². The standard InChI is InChI=1S/C31H34FN7O3/c1-6-28(40)35-24-17-22(9-10-25(24)38-11-13-42-14-12-38)34-31-33-18-23(32)29(36-31)21-8-7-20-15-27(30(41)37(4)5)39(19(2)3)26(20)16-21/h6-10,15-19H,1,11-14H2,2-5H3,(H,35,40)(H,33,34,36). The van der Waals surface area contributed by atoms with Crippen LogP contribution < -0.4 is 15.5 Å². The quantitative estimate of drug-likeness (QED) is 0.279. The van der Waals surface area contributed by atoms with Crippen LogP contribution >= 0.6 is 0 Å². The van der Waals surface area contributed by atoms with Crippen molar-refractivity contribution in [1.82, 2.24) is 19.4 Å². The van der Waals surface area contributed by atoms with Gasteiger partial charge in [0.2, 0.25) is 11.9 Å². The molecule has 2 aromatic carbocycles. The van der Waals surface area contributed by atoms with Crippen LogP contribution in [0.3, 0.4) is 0 Å². The first-order valence-electron chi connectivity index (χ1n) is 13.7. The van der Waals surface area contributed by atoms with Crippen LogP contribution in [0, 0.1) is 5.82 Å². The smallest absolute Gasteiger partial charge is 0.270 e. The van der Waals surface area contributed by atoms with Crippen molar-refractivity contribution in [2.45, 2.75) is 19.9 Å². The Kier molecular flexibility index (Phi) is 8.21. The fraction of sp³-hybridized carbons (Fsp3) is 0.290. The highest BCUT2D eigenvalue weighted by atomic mass is 19.1. The molecule has 10 nitrogen and oxygen atoms in total. The predicted octanol–water partition coefficient (Wildman–Crippen LogP) is 5.22. The first-order valence-corrected chi connectivity index (χ1v) is 13.7.